The van der Waals surface area contributed by atoms with Gasteiger partial charge in [-0.1, -0.05) is 0 Å². The molecule has 0 aromatic carbocycles. The summed E-state index contributed by atoms with van der Waals surface area (Å²) in [4.78, 5) is 14.6. The number of nitrogens with zero attached hydrogens (tertiary/aromatic N) is 1. The lowest BCUT2D eigenvalue weighted by atomic mass is 10.3. The topological polar surface area (TPSA) is 29.5 Å². The van der Waals surface area contributed by atoms with Crippen LogP contribution in [0.4, 0.5) is 0 Å². The van der Waals surface area contributed by atoms with Crippen LogP contribution in [0.3, 0.4) is 0 Å². The molecule has 0 aliphatic rings. The van der Waals surface area contributed by atoms with Gasteiger partial charge in [-0.2, -0.15) is 0 Å². The predicted molar refractivity (Wildman–Crippen MR) is 70.2 cm³/mol. The minimum Gasteiger partial charge on any atom is -0.383 e. The lowest BCUT2D eigenvalue weighted by Crippen LogP contribution is -2.37. The van der Waals surface area contributed by atoms with E-state index in [9.17, 15) is 4.79 Å². The fourth-order valence-electron chi connectivity index (χ4n) is 1.29. The maximum absolute atomic E-state index is 12.1. The Bertz CT molecular complexity index is 359. The smallest absolute Gasteiger partial charge is 0.264 e. The molecule has 0 saturated carbocycles. The highest BCUT2D eigenvalue weighted by molar-refractivity contribution is 9.11. The summed E-state index contributed by atoms with van der Waals surface area (Å²) < 4.78 is 6.06. The molecule has 1 aromatic heterocycles. The largest absolute Gasteiger partial charge is 0.383 e. The number of amides is 1. The number of carbonyl (C=O) groups is 1. The average molecular weight is 306 g/mol. The fraction of sp³-hybridized carbons (Fsp3) is 0.545. The maximum atomic E-state index is 12.1. The van der Waals surface area contributed by atoms with Crippen LogP contribution in [0.5, 0.6) is 0 Å². The molecule has 90 valence electrons. The first-order chi connectivity index (χ1) is 7.47. The van der Waals surface area contributed by atoms with Gasteiger partial charge in [-0.15, -0.1) is 11.3 Å². The SMILES string of the molecule is COCC(C)N(C)C(=O)c1cc(C)c(Br)s1. The summed E-state index contributed by atoms with van der Waals surface area (Å²) >= 11 is 4.90. The van der Waals surface area contributed by atoms with E-state index < -0.39 is 0 Å². The van der Waals surface area contributed by atoms with Gasteiger partial charge in [-0.05, 0) is 41.4 Å². The first kappa shape index (κ1) is 13.7. The van der Waals surface area contributed by atoms with Gasteiger partial charge in [0.2, 0.25) is 0 Å². The van der Waals surface area contributed by atoms with Crippen LogP contribution in [0.2, 0.25) is 0 Å². The number of halogens is 1. The molecule has 0 aliphatic heterocycles. The molecule has 0 fully saturated rings. The zero-order valence-corrected chi connectivity index (χ0v) is 12.3. The molecule has 1 rings (SSSR count). The molecule has 3 nitrogen and oxygen atoms in total. The van der Waals surface area contributed by atoms with E-state index in [4.69, 9.17) is 4.74 Å². The minimum absolute atomic E-state index is 0.0448. The molecule has 16 heavy (non-hydrogen) atoms. The molecule has 1 heterocycles. The van der Waals surface area contributed by atoms with E-state index in [1.165, 1.54) is 11.3 Å². The third kappa shape index (κ3) is 3.06. The summed E-state index contributed by atoms with van der Waals surface area (Å²) in [7, 11) is 3.44. The van der Waals surface area contributed by atoms with Crippen molar-refractivity contribution in [2.24, 2.45) is 0 Å². The molecule has 1 unspecified atom stereocenters. The summed E-state index contributed by atoms with van der Waals surface area (Å²) in [5.74, 6) is 0.0448. The van der Waals surface area contributed by atoms with Gasteiger partial charge >= 0.3 is 0 Å². The normalized spacial score (nSPS) is 12.6. The molecule has 0 saturated heterocycles. The predicted octanol–water partition coefficient (Wildman–Crippen LogP) is 2.93. The average Bonchev–Trinajstić information content (AvgIpc) is 2.57. The number of ether oxygens (including phenoxy) is 1. The van der Waals surface area contributed by atoms with Crippen LogP contribution in [0.1, 0.15) is 22.2 Å². The highest BCUT2D eigenvalue weighted by Crippen LogP contribution is 2.28. The molecule has 1 aromatic rings. The van der Waals surface area contributed by atoms with Crippen molar-refractivity contribution in [2.75, 3.05) is 20.8 Å². The van der Waals surface area contributed by atoms with Crippen molar-refractivity contribution < 1.29 is 9.53 Å². The Kier molecular flexibility index (Phi) is 4.95. The number of rotatable bonds is 4. The number of methoxy groups -OCH3 is 1. The van der Waals surface area contributed by atoms with Gasteiger partial charge in [-0.3, -0.25) is 4.79 Å². The molecular weight excluding hydrogens is 290 g/mol. The Morgan fingerprint density at radius 1 is 1.69 bits per heavy atom. The number of aryl methyl sites for hydroxylation is 1. The second-order valence-electron chi connectivity index (χ2n) is 3.79. The molecule has 1 amide bonds. The highest BCUT2D eigenvalue weighted by Gasteiger charge is 2.19. The van der Waals surface area contributed by atoms with Crippen molar-refractivity contribution in [2.45, 2.75) is 19.9 Å². The van der Waals surface area contributed by atoms with Gasteiger partial charge in [0.25, 0.3) is 5.91 Å². The second kappa shape index (κ2) is 5.80. The highest BCUT2D eigenvalue weighted by atomic mass is 79.9. The minimum atomic E-state index is 0.0448. The van der Waals surface area contributed by atoms with E-state index in [2.05, 4.69) is 15.9 Å². The van der Waals surface area contributed by atoms with Crippen LogP contribution in [0.15, 0.2) is 9.85 Å². The zero-order chi connectivity index (χ0) is 12.3. The standard InChI is InChI=1S/C11H16BrNO2S/c1-7-5-9(16-10(7)12)11(14)13(3)8(2)6-15-4/h5,8H,6H2,1-4H3. The summed E-state index contributed by atoms with van der Waals surface area (Å²) in [6.45, 7) is 4.50. The lowest BCUT2D eigenvalue weighted by molar-refractivity contribution is 0.0638. The summed E-state index contributed by atoms with van der Waals surface area (Å²) in [5, 5.41) is 0. The van der Waals surface area contributed by atoms with Gasteiger partial charge in [0.05, 0.1) is 21.3 Å². The number of likely N-dealkylation sites (N-methyl/N-ethyl adjacent to an activating group) is 1. The first-order valence-electron chi connectivity index (χ1n) is 4.99. The van der Waals surface area contributed by atoms with Crippen LogP contribution in [0.25, 0.3) is 0 Å². The van der Waals surface area contributed by atoms with E-state index in [0.29, 0.717) is 6.61 Å². The summed E-state index contributed by atoms with van der Waals surface area (Å²) in [6, 6.07) is 1.99. The number of hydrogen-bond donors (Lipinski definition) is 0. The molecule has 0 aliphatic carbocycles. The van der Waals surface area contributed by atoms with Crippen LogP contribution < -0.4 is 0 Å². The quantitative estimate of drug-likeness (QED) is 0.856. The van der Waals surface area contributed by atoms with Crippen molar-refractivity contribution in [3.8, 4) is 0 Å². The Balaban J connectivity index is 2.77. The van der Waals surface area contributed by atoms with E-state index in [1.54, 1.807) is 19.1 Å². The van der Waals surface area contributed by atoms with E-state index in [0.717, 1.165) is 14.2 Å². The molecule has 0 bridgehead atoms. The van der Waals surface area contributed by atoms with E-state index >= 15 is 0 Å². The van der Waals surface area contributed by atoms with Gasteiger partial charge in [0.15, 0.2) is 0 Å². The molecule has 0 spiro atoms. The van der Waals surface area contributed by atoms with E-state index in [1.807, 2.05) is 19.9 Å². The van der Waals surface area contributed by atoms with Crippen molar-refractivity contribution in [1.29, 1.82) is 0 Å². The van der Waals surface area contributed by atoms with Crippen molar-refractivity contribution in [3.63, 3.8) is 0 Å². The third-order valence-corrected chi connectivity index (χ3v) is 4.58. The number of thiophene rings is 1. The molecule has 5 heteroatoms. The number of carbonyl (C=O) groups excluding carboxylic acids is 1. The third-order valence-electron chi connectivity index (χ3n) is 2.46. The van der Waals surface area contributed by atoms with Gasteiger partial charge < -0.3 is 9.64 Å². The Labute approximate surface area is 109 Å². The molecular formula is C11H16BrNO2S. The van der Waals surface area contributed by atoms with Crippen LogP contribution in [-0.2, 0) is 4.74 Å². The van der Waals surface area contributed by atoms with Gasteiger partial charge in [0, 0.05) is 14.2 Å². The van der Waals surface area contributed by atoms with Gasteiger partial charge in [0.1, 0.15) is 0 Å². The molecule has 0 N–H and O–H groups in total. The van der Waals surface area contributed by atoms with E-state index in [-0.39, 0.29) is 11.9 Å². The van der Waals surface area contributed by atoms with Crippen molar-refractivity contribution >= 4 is 33.2 Å². The zero-order valence-electron chi connectivity index (χ0n) is 9.91. The molecule has 1 atom stereocenters. The Morgan fingerprint density at radius 3 is 2.75 bits per heavy atom. The van der Waals surface area contributed by atoms with Gasteiger partial charge in [-0.25, -0.2) is 0 Å². The Hall–Kier alpha value is -0.390. The molecule has 0 radical (unpaired) electrons. The van der Waals surface area contributed by atoms with Crippen LogP contribution >= 0.6 is 27.3 Å². The second-order valence-corrected chi connectivity index (χ2v) is 6.16. The maximum Gasteiger partial charge on any atom is 0.264 e. The summed E-state index contributed by atoms with van der Waals surface area (Å²) in [6.07, 6.45) is 0. The van der Waals surface area contributed by atoms with Crippen LogP contribution in [0, 0.1) is 6.92 Å². The van der Waals surface area contributed by atoms with Crippen molar-refractivity contribution in [1.82, 2.24) is 4.90 Å². The fourth-order valence-corrected chi connectivity index (χ4v) is 2.81. The first-order valence-corrected chi connectivity index (χ1v) is 6.60. The monoisotopic (exact) mass is 305 g/mol. The summed E-state index contributed by atoms with van der Waals surface area (Å²) in [5.41, 5.74) is 1.10. The van der Waals surface area contributed by atoms with Crippen molar-refractivity contribution in [3.05, 3.63) is 20.3 Å². The van der Waals surface area contributed by atoms with Crippen LogP contribution in [-0.4, -0.2) is 37.6 Å². The Morgan fingerprint density at radius 2 is 2.31 bits per heavy atom. The number of hydrogen-bond acceptors (Lipinski definition) is 3. The lowest BCUT2D eigenvalue weighted by Gasteiger charge is -2.23.